The summed E-state index contributed by atoms with van der Waals surface area (Å²) in [5.74, 6) is -0.945. The molecule has 0 aliphatic heterocycles. The van der Waals surface area contributed by atoms with Crippen LogP contribution in [0.5, 0.6) is 0 Å². The van der Waals surface area contributed by atoms with Crippen molar-refractivity contribution >= 4 is 5.97 Å². The number of ether oxygens (including phenoxy) is 2. The van der Waals surface area contributed by atoms with E-state index in [1.807, 2.05) is 13.8 Å². The van der Waals surface area contributed by atoms with Crippen molar-refractivity contribution in [2.24, 2.45) is 0 Å². The molecule has 1 atom stereocenters. The number of rotatable bonds is 6. The van der Waals surface area contributed by atoms with Gasteiger partial charge in [0, 0.05) is 0 Å². The fraction of sp³-hybridized carbons (Fsp3) is 0.875. The smallest absolute Gasteiger partial charge is 0.332 e. The van der Waals surface area contributed by atoms with Gasteiger partial charge in [-0.3, -0.25) is 0 Å². The normalized spacial score (nSPS) is 13.3. The highest BCUT2D eigenvalue weighted by Crippen LogP contribution is 1.92. The Labute approximate surface area is 72.5 Å². The maximum absolute atomic E-state index is 10.3. The standard InChI is InChI=1S/C8H16O4/c1-6(2)11-4-5-12-7(3)8(9)10/h6-7H,4-5H2,1-3H3,(H,9,10)/t7-/m1/s1. The van der Waals surface area contributed by atoms with E-state index in [2.05, 4.69) is 0 Å². The van der Waals surface area contributed by atoms with Gasteiger partial charge in [0.05, 0.1) is 19.3 Å². The molecule has 72 valence electrons. The molecule has 0 saturated heterocycles. The van der Waals surface area contributed by atoms with Crippen molar-refractivity contribution in [3.8, 4) is 0 Å². The van der Waals surface area contributed by atoms with Crippen molar-refractivity contribution < 1.29 is 19.4 Å². The van der Waals surface area contributed by atoms with Crippen molar-refractivity contribution in [2.75, 3.05) is 13.2 Å². The second-order valence-electron chi connectivity index (χ2n) is 2.77. The Morgan fingerprint density at radius 1 is 1.25 bits per heavy atom. The minimum Gasteiger partial charge on any atom is -0.479 e. The van der Waals surface area contributed by atoms with Gasteiger partial charge in [-0.15, -0.1) is 0 Å². The molecule has 0 aliphatic carbocycles. The zero-order valence-corrected chi connectivity index (χ0v) is 7.74. The van der Waals surface area contributed by atoms with Crippen LogP contribution < -0.4 is 0 Å². The van der Waals surface area contributed by atoms with Gasteiger partial charge in [-0.25, -0.2) is 4.79 Å². The monoisotopic (exact) mass is 176 g/mol. The average molecular weight is 176 g/mol. The Kier molecular flexibility index (Phi) is 5.66. The molecule has 0 spiro atoms. The Bertz CT molecular complexity index is 133. The first kappa shape index (κ1) is 11.4. The summed E-state index contributed by atoms with van der Waals surface area (Å²) >= 11 is 0. The van der Waals surface area contributed by atoms with Gasteiger partial charge in [0.25, 0.3) is 0 Å². The summed E-state index contributed by atoms with van der Waals surface area (Å²) in [4.78, 5) is 10.3. The van der Waals surface area contributed by atoms with Crippen LogP contribution in [0.25, 0.3) is 0 Å². The van der Waals surface area contributed by atoms with Crippen molar-refractivity contribution in [2.45, 2.75) is 33.0 Å². The third-order valence-electron chi connectivity index (χ3n) is 1.25. The van der Waals surface area contributed by atoms with Gasteiger partial charge >= 0.3 is 5.97 Å². The Morgan fingerprint density at radius 2 is 1.75 bits per heavy atom. The van der Waals surface area contributed by atoms with Gasteiger partial charge in [-0.05, 0) is 20.8 Å². The van der Waals surface area contributed by atoms with E-state index >= 15 is 0 Å². The summed E-state index contributed by atoms with van der Waals surface area (Å²) in [6.45, 7) is 6.10. The van der Waals surface area contributed by atoms with E-state index in [-0.39, 0.29) is 6.10 Å². The van der Waals surface area contributed by atoms with Crippen LogP contribution in [0.2, 0.25) is 0 Å². The molecule has 0 aromatic carbocycles. The molecule has 0 fully saturated rings. The van der Waals surface area contributed by atoms with Crippen LogP contribution in [-0.4, -0.2) is 36.5 Å². The quantitative estimate of drug-likeness (QED) is 0.611. The minimum absolute atomic E-state index is 0.161. The molecular formula is C8H16O4. The number of carboxylic acids is 1. The van der Waals surface area contributed by atoms with Crippen LogP contribution >= 0.6 is 0 Å². The molecule has 12 heavy (non-hydrogen) atoms. The van der Waals surface area contributed by atoms with Gasteiger partial charge in [0.15, 0.2) is 6.10 Å². The molecule has 0 aliphatic rings. The molecule has 4 heteroatoms. The summed E-state index contributed by atoms with van der Waals surface area (Å²) in [6.07, 6.45) is -0.588. The average Bonchev–Trinajstić information content (AvgIpc) is 1.97. The van der Waals surface area contributed by atoms with Crippen molar-refractivity contribution in [1.29, 1.82) is 0 Å². The van der Waals surface area contributed by atoms with Gasteiger partial charge in [0.2, 0.25) is 0 Å². The molecular weight excluding hydrogens is 160 g/mol. The molecule has 0 bridgehead atoms. The summed E-state index contributed by atoms with van der Waals surface area (Å²) in [6, 6.07) is 0. The van der Waals surface area contributed by atoms with E-state index in [4.69, 9.17) is 14.6 Å². The largest absolute Gasteiger partial charge is 0.479 e. The highest BCUT2D eigenvalue weighted by Gasteiger charge is 2.09. The number of hydrogen-bond donors (Lipinski definition) is 1. The lowest BCUT2D eigenvalue weighted by atomic mass is 10.4. The van der Waals surface area contributed by atoms with E-state index in [1.54, 1.807) is 0 Å². The van der Waals surface area contributed by atoms with Gasteiger partial charge < -0.3 is 14.6 Å². The van der Waals surface area contributed by atoms with Gasteiger partial charge in [-0.2, -0.15) is 0 Å². The van der Waals surface area contributed by atoms with E-state index in [0.29, 0.717) is 13.2 Å². The van der Waals surface area contributed by atoms with Crippen LogP contribution in [0.15, 0.2) is 0 Å². The molecule has 0 amide bonds. The van der Waals surface area contributed by atoms with Crippen molar-refractivity contribution in [3.05, 3.63) is 0 Å². The summed E-state index contributed by atoms with van der Waals surface area (Å²) in [5.41, 5.74) is 0. The first-order chi connectivity index (χ1) is 5.54. The lowest BCUT2D eigenvalue weighted by molar-refractivity contribution is -0.150. The van der Waals surface area contributed by atoms with Crippen LogP contribution in [0.1, 0.15) is 20.8 Å². The van der Waals surface area contributed by atoms with E-state index < -0.39 is 12.1 Å². The van der Waals surface area contributed by atoms with Crippen molar-refractivity contribution in [3.63, 3.8) is 0 Å². The second-order valence-corrected chi connectivity index (χ2v) is 2.77. The topological polar surface area (TPSA) is 55.8 Å². The first-order valence-corrected chi connectivity index (χ1v) is 4.00. The first-order valence-electron chi connectivity index (χ1n) is 4.00. The predicted octanol–water partition coefficient (Wildman–Crippen LogP) is 0.901. The van der Waals surface area contributed by atoms with Crippen LogP contribution in [-0.2, 0) is 14.3 Å². The fourth-order valence-corrected chi connectivity index (χ4v) is 0.580. The van der Waals surface area contributed by atoms with Gasteiger partial charge in [0.1, 0.15) is 0 Å². The third-order valence-corrected chi connectivity index (χ3v) is 1.25. The number of carboxylic acid groups (broad SMARTS) is 1. The Morgan fingerprint density at radius 3 is 2.17 bits per heavy atom. The van der Waals surface area contributed by atoms with Crippen molar-refractivity contribution in [1.82, 2.24) is 0 Å². The molecule has 1 N–H and O–H groups in total. The number of aliphatic carboxylic acids is 1. The SMILES string of the molecule is CC(C)OCCO[C@H](C)C(=O)O. The fourth-order valence-electron chi connectivity index (χ4n) is 0.580. The molecule has 0 aromatic rings. The van der Waals surface area contributed by atoms with E-state index in [1.165, 1.54) is 6.92 Å². The molecule has 0 radical (unpaired) electrons. The zero-order valence-electron chi connectivity index (χ0n) is 7.74. The third kappa shape index (κ3) is 6.12. The van der Waals surface area contributed by atoms with Crippen LogP contribution in [0.3, 0.4) is 0 Å². The maximum Gasteiger partial charge on any atom is 0.332 e. The molecule has 0 heterocycles. The summed E-state index contributed by atoms with van der Waals surface area (Å²) < 4.78 is 10.1. The lowest BCUT2D eigenvalue weighted by Gasteiger charge is -2.10. The minimum atomic E-state index is -0.945. The van der Waals surface area contributed by atoms with E-state index in [9.17, 15) is 4.79 Å². The highest BCUT2D eigenvalue weighted by atomic mass is 16.5. The van der Waals surface area contributed by atoms with Crippen LogP contribution in [0.4, 0.5) is 0 Å². The molecule has 0 unspecified atom stereocenters. The zero-order chi connectivity index (χ0) is 9.56. The number of carbonyl (C=O) groups is 1. The Balaban J connectivity index is 3.25. The molecule has 4 nitrogen and oxygen atoms in total. The number of hydrogen-bond acceptors (Lipinski definition) is 3. The summed E-state index contributed by atoms with van der Waals surface area (Å²) in [7, 11) is 0. The van der Waals surface area contributed by atoms with Crippen LogP contribution in [0, 0.1) is 0 Å². The highest BCUT2D eigenvalue weighted by molar-refractivity contribution is 5.71. The van der Waals surface area contributed by atoms with Gasteiger partial charge in [-0.1, -0.05) is 0 Å². The maximum atomic E-state index is 10.3. The lowest BCUT2D eigenvalue weighted by Crippen LogP contribution is -2.22. The molecule has 0 aromatic heterocycles. The molecule has 0 rings (SSSR count). The van der Waals surface area contributed by atoms with E-state index in [0.717, 1.165) is 0 Å². The summed E-state index contributed by atoms with van der Waals surface area (Å²) in [5, 5.41) is 8.42. The predicted molar refractivity (Wildman–Crippen MR) is 44.1 cm³/mol. The molecule has 0 saturated carbocycles. The Hall–Kier alpha value is -0.610. The second kappa shape index (κ2) is 5.97.